The van der Waals surface area contributed by atoms with Gasteiger partial charge in [0, 0.05) is 18.5 Å². The highest BCUT2D eigenvalue weighted by molar-refractivity contribution is 5.58. The zero-order chi connectivity index (χ0) is 12.4. The maximum absolute atomic E-state index is 12.5. The molecular formula is C11H18F3NO. The Balaban J connectivity index is 2.54. The summed E-state index contributed by atoms with van der Waals surface area (Å²) in [5.41, 5.74) is -0.562. The summed E-state index contributed by atoms with van der Waals surface area (Å²) in [6.45, 7) is 4.59. The summed E-state index contributed by atoms with van der Waals surface area (Å²) < 4.78 is 37.6. The molecule has 16 heavy (non-hydrogen) atoms. The van der Waals surface area contributed by atoms with Crippen LogP contribution >= 0.6 is 0 Å². The molecule has 0 spiro atoms. The Labute approximate surface area is 93.8 Å². The van der Waals surface area contributed by atoms with Crippen LogP contribution in [0.15, 0.2) is 0 Å². The van der Waals surface area contributed by atoms with E-state index in [1.165, 1.54) is 0 Å². The molecule has 1 rings (SSSR count). The van der Waals surface area contributed by atoms with Gasteiger partial charge in [0.25, 0.3) is 0 Å². The maximum atomic E-state index is 12.5. The smallest absolute Gasteiger partial charge is 0.303 e. The number of hydrogen-bond donors (Lipinski definition) is 0. The molecule has 0 saturated carbocycles. The van der Waals surface area contributed by atoms with Crippen molar-refractivity contribution in [3.05, 3.63) is 0 Å². The van der Waals surface area contributed by atoms with Crippen molar-refractivity contribution < 1.29 is 18.0 Å². The number of aldehydes is 1. The Morgan fingerprint density at radius 3 is 2.50 bits per heavy atom. The summed E-state index contributed by atoms with van der Waals surface area (Å²) in [5.74, 6) is -1.23. The summed E-state index contributed by atoms with van der Waals surface area (Å²) in [4.78, 5) is 12.5. The zero-order valence-electron chi connectivity index (χ0n) is 9.68. The summed E-state index contributed by atoms with van der Waals surface area (Å²) in [5, 5.41) is 0. The zero-order valence-corrected chi connectivity index (χ0v) is 9.68. The lowest BCUT2D eigenvalue weighted by Crippen LogP contribution is -2.45. The number of nitrogens with zero attached hydrogens (tertiary/aromatic N) is 1. The number of carbonyl (C=O) groups is 1. The fourth-order valence-corrected chi connectivity index (χ4v) is 2.08. The van der Waals surface area contributed by atoms with E-state index in [2.05, 4.69) is 0 Å². The molecule has 2 nitrogen and oxygen atoms in total. The van der Waals surface area contributed by atoms with Gasteiger partial charge in [-0.15, -0.1) is 0 Å². The average Bonchev–Trinajstić information content (AvgIpc) is 2.16. The average molecular weight is 237 g/mol. The van der Waals surface area contributed by atoms with Crippen LogP contribution in [-0.2, 0) is 4.79 Å². The fraction of sp³-hybridized carbons (Fsp3) is 0.909. The Morgan fingerprint density at radius 1 is 1.38 bits per heavy atom. The molecule has 1 atom stereocenters. The molecule has 1 saturated heterocycles. The van der Waals surface area contributed by atoms with E-state index in [0.29, 0.717) is 19.5 Å². The van der Waals surface area contributed by atoms with E-state index in [1.54, 1.807) is 18.7 Å². The quantitative estimate of drug-likeness (QED) is 0.703. The van der Waals surface area contributed by atoms with Gasteiger partial charge in [0.2, 0.25) is 0 Å². The van der Waals surface area contributed by atoms with Gasteiger partial charge in [0.15, 0.2) is 0 Å². The molecule has 1 fully saturated rings. The molecule has 0 aliphatic carbocycles. The minimum atomic E-state index is -4.11. The Kier molecular flexibility index (Phi) is 3.99. The number of piperidine rings is 1. The lowest BCUT2D eigenvalue weighted by molar-refractivity contribution is -0.187. The molecule has 0 aromatic carbocycles. The highest BCUT2D eigenvalue weighted by Gasteiger charge is 2.42. The number of alkyl halides is 3. The molecule has 0 radical (unpaired) electrons. The first-order valence-corrected chi connectivity index (χ1v) is 5.50. The van der Waals surface area contributed by atoms with E-state index in [0.717, 1.165) is 6.29 Å². The standard InChI is InChI=1S/C11H18F3NO/c1-10(2,8-16)7-15-5-3-4-9(6-15)11(12,13)14/h8-9H,3-7H2,1-2H3. The molecule has 0 aromatic rings. The highest BCUT2D eigenvalue weighted by atomic mass is 19.4. The van der Waals surface area contributed by atoms with Crippen LogP contribution in [0.25, 0.3) is 0 Å². The van der Waals surface area contributed by atoms with Crippen LogP contribution in [-0.4, -0.2) is 37.0 Å². The summed E-state index contributed by atoms with van der Waals surface area (Å²) in [7, 11) is 0. The van der Waals surface area contributed by atoms with Crippen LogP contribution in [0.4, 0.5) is 13.2 Å². The van der Waals surface area contributed by atoms with Crippen LogP contribution in [0.5, 0.6) is 0 Å². The van der Waals surface area contributed by atoms with Crippen LogP contribution in [0.3, 0.4) is 0 Å². The van der Waals surface area contributed by atoms with Gasteiger partial charge >= 0.3 is 6.18 Å². The molecule has 94 valence electrons. The lowest BCUT2D eigenvalue weighted by Gasteiger charge is -2.36. The van der Waals surface area contributed by atoms with E-state index in [-0.39, 0.29) is 13.0 Å². The predicted molar refractivity (Wildman–Crippen MR) is 55.1 cm³/mol. The molecule has 1 aliphatic heterocycles. The molecular weight excluding hydrogens is 219 g/mol. The summed E-state index contributed by atoms with van der Waals surface area (Å²) in [6, 6.07) is 0. The van der Waals surface area contributed by atoms with Crippen LogP contribution in [0.1, 0.15) is 26.7 Å². The Hall–Kier alpha value is -0.580. The molecule has 0 bridgehead atoms. The van der Waals surface area contributed by atoms with E-state index >= 15 is 0 Å². The van der Waals surface area contributed by atoms with Crippen molar-refractivity contribution in [2.75, 3.05) is 19.6 Å². The normalized spacial score (nSPS) is 24.4. The minimum absolute atomic E-state index is 0.0285. The molecule has 0 aromatic heterocycles. The van der Waals surface area contributed by atoms with Crippen molar-refractivity contribution in [1.29, 1.82) is 0 Å². The highest BCUT2D eigenvalue weighted by Crippen LogP contribution is 2.33. The van der Waals surface area contributed by atoms with Gasteiger partial charge in [-0.2, -0.15) is 13.2 Å². The predicted octanol–water partition coefficient (Wildman–Crippen LogP) is 2.49. The van der Waals surface area contributed by atoms with Crippen molar-refractivity contribution in [2.24, 2.45) is 11.3 Å². The maximum Gasteiger partial charge on any atom is 0.393 e. The van der Waals surface area contributed by atoms with E-state index in [4.69, 9.17) is 0 Å². The molecule has 0 N–H and O–H groups in total. The van der Waals surface area contributed by atoms with Gasteiger partial charge in [0.05, 0.1) is 5.92 Å². The van der Waals surface area contributed by atoms with Gasteiger partial charge in [-0.3, -0.25) is 0 Å². The monoisotopic (exact) mass is 237 g/mol. The third-order valence-corrected chi connectivity index (χ3v) is 2.92. The van der Waals surface area contributed by atoms with Crippen LogP contribution in [0, 0.1) is 11.3 Å². The third-order valence-electron chi connectivity index (χ3n) is 2.92. The number of hydrogen-bond acceptors (Lipinski definition) is 2. The summed E-state index contributed by atoms with van der Waals surface area (Å²) in [6.07, 6.45) is -2.53. The van der Waals surface area contributed by atoms with Gasteiger partial charge in [0.1, 0.15) is 6.29 Å². The second-order valence-corrected chi connectivity index (χ2v) is 5.22. The van der Waals surface area contributed by atoms with Gasteiger partial charge in [-0.05, 0) is 19.4 Å². The lowest BCUT2D eigenvalue weighted by atomic mass is 9.91. The van der Waals surface area contributed by atoms with Crippen molar-refractivity contribution in [2.45, 2.75) is 32.9 Å². The first kappa shape index (κ1) is 13.5. The second-order valence-electron chi connectivity index (χ2n) is 5.22. The van der Waals surface area contributed by atoms with Crippen molar-refractivity contribution in [3.8, 4) is 0 Å². The number of halogens is 3. The van der Waals surface area contributed by atoms with E-state index in [1.807, 2.05) is 0 Å². The minimum Gasteiger partial charge on any atom is -0.303 e. The largest absolute Gasteiger partial charge is 0.393 e. The topological polar surface area (TPSA) is 20.3 Å². The number of carbonyl (C=O) groups excluding carboxylic acids is 1. The van der Waals surface area contributed by atoms with E-state index < -0.39 is 17.5 Å². The molecule has 1 unspecified atom stereocenters. The molecule has 1 aliphatic rings. The molecule has 1 heterocycles. The molecule has 5 heteroatoms. The second kappa shape index (κ2) is 4.73. The Morgan fingerprint density at radius 2 is 2.00 bits per heavy atom. The van der Waals surface area contributed by atoms with Crippen molar-refractivity contribution in [1.82, 2.24) is 4.90 Å². The fourth-order valence-electron chi connectivity index (χ4n) is 2.08. The van der Waals surface area contributed by atoms with Crippen LogP contribution in [0.2, 0.25) is 0 Å². The third kappa shape index (κ3) is 3.77. The SMILES string of the molecule is CC(C)(C=O)CN1CCCC(C(F)(F)F)C1. The van der Waals surface area contributed by atoms with Crippen molar-refractivity contribution >= 4 is 6.29 Å². The van der Waals surface area contributed by atoms with E-state index in [9.17, 15) is 18.0 Å². The molecule has 0 amide bonds. The number of likely N-dealkylation sites (tertiary alicyclic amines) is 1. The van der Waals surface area contributed by atoms with Crippen LogP contribution < -0.4 is 0 Å². The summed E-state index contributed by atoms with van der Waals surface area (Å²) >= 11 is 0. The first-order chi connectivity index (χ1) is 7.24. The van der Waals surface area contributed by atoms with Gasteiger partial charge in [-0.25, -0.2) is 0 Å². The first-order valence-electron chi connectivity index (χ1n) is 5.50. The Bertz CT molecular complexity index is 250. The number of rotatable bonds is 3. The van der Waals surface area contributed by atoms with Gasteiger partial charge < -0.3 is 9.69 Å². The van der Waals surface area contributed by atoms with Gasteiger partial charge in [-0.1, -0.05) is 13.8 Å². The van der Waals surface area contributed by atoms with Crippen molar-refractivity contribution in [3.63, 3.8) is 0 Å².